The summed E-state index contributed by atoms with van der Waals surface area (Å²) in [6.07, 6.45) is 3.80. The van der Waals surface area contributed by atoms with Gasteiger partial charge in [-0.25, -0.2) is 0 Å². The van der Waals surface area contributed by atoms with Gasteiger partial charge in [0.25, 0.3) is 0 Å². The highest BCUT2D eigenvalue weighted by Crippen LogP contribution is 2.43. The molecule has 2 N–H and O–H groups in total. The van der Waals surface area contributed by atoms with Gasteiger partial charge in [0, 0.05) is 32.3 Å². The molecule has 1 aromatic carbocycles. The SMILES string of the molecule is NCC(c1ccccc1C1CC1)N1CCCOCC1. The van der Waals surface area contributed by atoms with Crippen LogP contribution in [0, 0.1) is 0 Å². The molecule has 3 rings (SSSR count). The van der Waals surface area contributed by atoms with Crippen molar-refractivity contribution >= 4 is 0 Å². The molecule has 3 heteroatoms. The van der Waals surface area contributed by atoms with Gasteiger partial charge in [0.05, 0.1) is 6.61 Å². The molecule has 104 valence electrons. The van der Waals surface area contributed by atoms with Gasteiger partial charge in [0.2, 0.25) is 0 Å². The van der Waals surface area contributed by atoms with Crippen LogP contribution in [0.3, 0.4) is 0 Å². The fraction of sp³-hybridized carbons (Fsp3) is 0.625. The largest absolute Gasteiger partial charge is 0.380 e. The average molecular weight is 260 g/mol. The molecule has 2 fully saturated rings. The van der Waals surface area contributed by atoms with E-state index in [1.807, 2.05) is 0 Å². The van der Waals surface area contributed by atoms with E-state index in [1.165, 1.54) is 24.0 Å². The number of nitrogens with two attached hydrogens (primary N) is 1. The number of benzene rings is 1. The van der Waals surface area contributed by atoms with E-state index < -0.39 is 0 Å². The molecule has 0 bridgehead atoms. The van der Waals surface area contributed by atoms with Gasteiger partial charge in [-0.15, -0.1) is 0 Å². The van der Waals surface area contributed by atoms with Crippen molar-refractivity contribution in [1.82, 2.24) is 4.90 Å². The van der Waals surface area contributed by atoms with Crippen LogP contribution in [0.1, 0.15) is 42.3 Å². The van der Waals surface area contributed by atoms with Gasteiger partial charge in [0.1, 0.15) is 0 Å². The second kappa shape index (κ2) is 6.04. The molecule has 1 heterocycles. The van der Waals surface area contributed by atoms with Crippen LogP contribution in [0.25, 0.3) is 0 Å². The van der Waals surface area contributed by atoms with Crippen LogP contribution >= 0.6 is 0 Å². The summed E-state index contributed by atoms with van der Waals surface area (Å²) in [4.78, 5) is 2.51. The molecule has 1 saturated heterocycles. The van der Waals surface area contributed by atoms with Crippen LogP contribution in [0.2, 0.25) is 0 Å². The third-order valence-electron chi connectivity index (χ3n) is 4.29. The summed E-state index contributed by atoms with van der Waals surface area (Å²) in [5.41, 5.74) is 9.08. The van der Waals surface area contributed by atoms with Crippen LogP contribution in [0.15, 0.2) is 24.3 Å². The topological polar surface area (TPSA) is 38.5 Å². The molecule has 19 heavy (non-hydrogen) atoms. The van der Waals surface area contributed by atoms with Crippen molar-refractivity contribution < 1.29 is 4.74 Å². The molecule has 0 amide bonds. The van der Waals surface area contributed by atoms with E-state index in [-0.39, 0.29) is 0 Å². The first-order chi connectivity index (χ1) is 9.40. The summed E-state index contributed by atoms with van der Waals surface area (Å²) < 4.78 is 5.56. The normalized spacial score (nSPS) is 23.0. The first-order valence-corrected chi connectivity index (χ1v) is 7.51. The maximum Gasteiger partial charge on any atom is 0.0593 e. The van der Waals surface area contributed by atoms with Crippen LogP contribution in [-0.4, -0.2) is 37.7 Å². The summed E-state index contributed by atoms with van der Waals surface area (Å²) in [5.74, 6) is 0.786. The van der Waals surface area contributed by atoms with Crippen molar-refractivity contribution in [3.05, 3.63) is 35.4 Å². The Morgan fingerprint density at radius 1 is 1.21 bits per heavy atom. The lowest BCUT2D eigenvalue weighted by Crippen LogP contribution is -2.36. The summed E-state index contributed by atoms with van der Waals surface area (Å²) in [7, 11) is 0. The molecule has 0 aromatic heterocycles. The molecule has 1 atom stereocenters. The average Bonchev–Trinajstić information content (AvgIpc) is 3.28. The Hall–Kier alpha value is -0.900. The maximum absolute atomic E-state index is 6.09. The lowest BCUT2D eigenvalue weighted by Gasteiger charge is -2.31. The van der Waals surface area contributed by atoms with Gasteiger partial charge in [-0.2, -0.15) is 0 Å². The summed E-state index contributed by atoms with van der Waals surface area (Å²) in [6.45, 7) is 4.52. The maximum atomic E-state index is 6.09. The van der Waals surface area contributed by atoms with Gasteiger partial charge >= 0.3 is 0 Å². The monoisotopic (exact) mass is 260 g/mol. The van der Waals surface area contributed by atoms with E-state index in [0.29, 0.717) is 12.6 Å². The number of ether oxygens (including phenoxy) is 1. The summed E-state index contributed by atoms with van der Waals surface area (Å²) in [5, 5.41) is 0. The molecule has 1 saturated carbocycles. The zero-order valence-electron chi connectivity index (χ0n) is 11.6. The molecule has 1 aliphatic heterocycles. The van der Waals surface area contributed by atoms with E-state index >= 15 is 0 Å². The predicted molar refractivity (Wildman–Crippen MR) is 77.2 cm³/mol. The van der Waals surface area contributed by atoms with E-state index in [0.717, 1.165) is 38.6 Å². The molecular formula is C16H24N2O. The van der Waals surface area contributed by atoms with Crippen LogP contribution in [-0.2, 0) is 4.74 Å². The molecule has 1 aromatic rings. The van der Waals surface area contributed by atoms with Crippen molar-refractivity contribution in [1.29, 1.82) is 0 Å². The van der Waals surface area contributed by atoms with Crippen LogP contribution in [0.4, 0.5) is 0 Å². The minimum Gasteiger partial charge on any atom is -0.380 e. The Kier molecular flexibility index (Phi) is 4.16. The molecule has 2 aliphatic rings. The fourth-order valence-electron chi connectivity index (χ4n) is 3.13. The minimum absolute atomic E-state index is 0.360. The van der Waals surface area contributed by atoms with Crippen molar-refractivity contribution in [2.24, 2.45) is 5.73 Å². The first kappa shape index (κ1) is 13.1. The second-order valence-corrected chi connectivity index (χ2v) is 5.66. The zero-order chi connectivity index (χ0) is 13.1. The number of hydrogen-bond donors (Lipinski definition) is 1. The Bertz CT molecular complexity index is 409. The molecule has 1 aliphatic carbocycles. The highest BCUT2D eigenvalue weighted by Gasteiger charge is 2.29. The third-order valence-corrected chi connectivity index (χ3v) is 4.29. The van der Waals surface area contributed by atoms with Crippen LogP contribution in [0.5, 0.6) is 0 Å². The standard InChI is InChI=1S/C16H24N2O/c17-12-16(18-8-3-10-19-11-9-18)15-5-2-1-4-14(15)13-6-7-13/h1-2,4-5,13,16H,3,6-12,17H2. The Morgan fingerprint density at radius 3 is 2.84 bits per heavy atom. The van der Waals surface area contributed by atoms with Gasteiger partial charge in [-0.1, -0.05) is 24.3 Å². The smallest absolute Gasteiger partial charge is 0.0593 e. The number of rotatable bonds is 4. The number of nitrogens with zero attached hydrogens (tertiary/aromatic N) is 1. The second-order valence-electron chi connectivity index (χ2n) is 5.66. The molecule has 1 unspecified atom stereocenters. The van der Waals surface area contributed by atoms with Crippen molar-refractivity contribution in [2.45, 2.75) is 31.2 Å². The Labute approximate surface area is 115 Å². The summed E-state index contributed by atoms with van der Waals surface area (Å²) in [6, 6.07) is 9.24. The summed E-state index contributed by atoms with van der Waals surface area (Å²) >= 11 is 0. The van der Waals surface area contributed by atoms with Gasteiger partial charge in [0.15, 0.2) is 0 Å². The molecule has 0 spiro atoms. The minimum atomic E-state index is 0.360. The van der Waals surface area contributed by atoms with E-state index in [4.69, 9.17) is 10.5 Å². The van der Waals surface area contributed by atoms with Crippen LogP contribution < -0.4 is 5.73 Å². The van der Waals surface area contributed by atoms with Crippen molar-refractivity contribution in [3.8, 4) is 0 Å². The first-order valence-electron chi connectivity index (χ1n) is 7.51. The van der Waals surface area contributed by atoms with Crippen molar-refractivity contribution in [3.63, 3.8) is 0 Å². The van der Waals surface area contributed by atoms with E-state index in [9.17, 15) is 0 Å². The van der Waals surface area contributed by atoms with Crippen molar-refractivity contribution in [2.75, 3.05) is 32.8 Å². The lowest BCUT2D eigenvalue weighted by molar-refractivity contribution is 0.132. The quantitative estimate of drug-likeness (QED) is 0.902. The highest BCUT2D eigenvalue weighted by molar-refractivity contribution is 5.35. The highest BCUT2D eigenvalue weighted by atomic mass is 16.5. The molecule has 3 nitrogen and oxygen atoms in total. The van der Waals surface area contributed by atoms with E-state index in [1.54, 1.807) is 0 Å². The molecule has 0 radical (unpaired) electrons. The molecular weight excluding hydrogens is 236 g/mol. The number of hydrogen-bond acceptors (Lipinski definition) is 3. The Balaban J connectivity index is 1.84. The Morgan fingerprint density at radius 2 is 2.05 bits per heavy atom. The predicted octanol–water partition coefficient (Wildman–Crippen LogP) is 2.29. The third kappa shape index (κ3) is 2.99. The van der Waals surface area contributed by atoms with Gasteiger partial charge in [-0.05, 0) is 36.3 Å². The van der Waals surface area contributed by atoms with E-state index in [2.05, 4.69) is 29.2 Å². The van der Waals surface area contributed by atoms with Gasteiger partial charge in [-0.3, -0.25) is 4.90 Å². The fourth-order valence-corrected chi connectivity index (χ4v) is 3.13. The lowest BCUT2D eigenvalue weighted by atomic mass is 9.96. The zero-order valence-corrected chi connectivity index (χ0v) is 11.6. The van der Waals surface area contributed by atoms with Gasteiger partial charge < -0.3 is 10.5 Å².